The number of hydrogen-bond acceptors (Lipinski definition) is 1. The molecule has 0 radical (unpaired) electrons. The maximum Gasteiger partial charge on any atom is 0.116 e. The Labute approximate surface area is 281 Å². The summed E-state index contributed by atoms with van der Waals surface area (Å²) in [6.45, 7) is 6.82. The zero-order chi connectivity index (χ0) is 32.1. The summed E-state index contributed by atoms with van der Waals surface area (Å²) in [7, 11) is -2.02. The van der Waals surface area contributed by atoms with Gasteiger partial charge in [0.1, 0.15) is 23.2 Å². The fourth-order valence-corrected chi connectivity index (χ4v) is 11.7. The van der Waals surface area contributed by atoms with Gasteiger partial charge in [-0.05, 0) is 99.3 Å². The summed E-state index contributed by atoms with van der Waals surface area (Å²) in [6.07, 6.45) is 5.88. The van der Waals surface area contributed by atoms with E-state index in [9.17, 15) is 0 Å². The molecule has 0 amide bonds. The third kappa shape index (κ3) is 6.06. The molecule has 0 saturated carbocycles. The first-order chi connectivity index (χ1) is 23.2. The Bertz CT molecular complexity index is 1980. The summed E-state index contributed by atoms with van der Waals surface area (Å²) in [5, 5.41) is 12.3. The minimum atomic E-state index is -2.02. The minimum absolute atomic E-state index is 0.968. The molecule has 0 spiro atoms. The van der Waals surface area contributed by atoms with Crippen LogP contribution in [0.1, 0.15) is 45.1 Å². The van der Waals surface area contributed by atoms with Gasteiger partial charge in [0.15, 0.2) is 0 Å². The Morgan fingerprint density at radius 3 is 1.51 bits per heavy atom. The second kappa shape index (κ2) is 14.1. The van der Waals surface area contributed by atoms with E-state index in [0.717, 1.165) is 19.3 Å². The zero-order valence-electron chi connectivity index (χ0n) is 27.8. The standard InChI is InChI=1S/C45H45NP/c1-3-5-31-46(32-6-4-2)37-26-28-41-35(33-37)25-27-45-43-24-16-17-36(42(43)29-30-44(41)45)34-47(38-18-10-7-11-19-38,39-20-12-8-13-21-39)40-22-14-9-15-23-40/h7-30,33H,3-6,31-32,34H2,1-2H3/q+1. The van der Waals surface area contributed by atoms with Gasteiger partial charge in [-0.25, -0.2) is 0 Å². The van der Waals surface area contributed by atoms with E-state index in [1.54, 1.807) is 0 Å². The Balaban J connectivity index is 1.37. The fourth-order valence-electron chi connectivity index (χ4n) is 7.39. The molecule has 7 aromatic carbocycles. The molecular formula is C45H45NP+. The van der Waals surface area contributed by atoms with Crippen molar-refractivity contribution in [2.75, 3.05) is 18.0 Å². The molecule has 0 aromatic heterocycles. The maximum absolute atomic E-state index is 2.59. The molecule has 234 valence electrons. The van der Waals surface area contributed by atoms with Crippen molar-refractivity contribution in [1.29, 1.82) is 0 Å². The molecule has 7 aromatic rings. The number of unbranched alkanes of at least 4 members (excludes halogenated alkanes) is 2. The summed E-state index contributed by atoms with van der Waals surface area (Å²) in [5.41, 5.74) is 2.76. The zero-order valence-corrected chi connectivity index (χ0v) is 28.7. The molecule has 47 heavy (non-hydrogen) atoms. The lowest BCUT2D eigenvalue weighted by molar-refractivity contribution is 0.678. The molecular weight excluding hydrogens is 585 g/mol. The fraction of sp³-hybridized carbons (Fsp3) is 0.200. The number of rotatable bonds is 12. The lowest BCUT2D eigenvalue weighted by Crippen LogP contribution is -2.32. The van der Waals surface area contributed by atoms with Gasteiger partial charge < -0.3 is 4.90 Å². The van der Waals surface area contributed by atoms with Crippen LogP contribution in [-0.4, -0.2) is 13.1 Å². The summed E-state index contributed by atoms with van der Waals surface area (Å²) in [4.78, 5) is 2.59. The minimum Gasteiger partial charge on any atom is -0.372 e. The molecule has 1 nitrogen and oxygen atoms in total. The Kier molecular flexibility index (Phi) is 9.37. The Morgan fingerprint density at radius 2 is 0.936 bits per heavy atom. The van der Waals surface area contributed by atoms with E-state index in [4.69, 9.17) is 0 Å². The molecule has 0 unspecified atom stereocenters. The van der Waals surface area contributed by atoms with Gasteiger partial charge in [-0.1, -0.05) is 130 Å². The average Bonchev–Trinajstić information content (AvgIpc) is 3.14. The second-order valence-corrected chi connectivity index (χ2v) is 16.3. The second-order valence-electron chi connectivity index (χ2n) is 12.8. The number of fused-ring (bicyclic) bond motifs is 5. The van der Waals surface area contributed by atoms with Gasteiger partial charge in [-0.2, -0.15) is 0 Å². The highest BCUT2D eigenvalue weighted by atomic mass is 31.2. The third-order valence-electron chi connectivity index (χ3n) is 9.88. The lowest BCUT2D eigenvalue weighted by Gasteiger charge is -2.28. The third-order valence-corrected chi connectivity index (χ3v) is 14.2. The quantitative estimate of drug-likeness (QED) is 0.0959. The number of hydrogen-bond donors (Lipinski definition) is 0. The van der Waals surface area contributed by atoms with Gasteiger partial charge in [0.25, 0.3) is 0 Å². The van der Waals surface area contributed by atoms with Crippen LogP contribution in [0.2, 0.25) is 0 Å². The molecule has 0 aliphatic heterocycles. The molecule has 0 saturated heterocycles. The van der Waals surface area contributed by atoms with E-state index >= 15 is 0 Å². The van der Waals surface area contributed by atoms with Crippen LogP contribution in [0, 0.1) is 0 Å². The van der Waals surface area contributed by atoms with Crippen LogP contribution in [-0.2, 0) is 6.16 Å². The van der Waals surface area contributed by atoms with Gasteiger partial charge >= 0.3 is 0 Å². The summed E-state index contributed by atoms with van der Waals surface area (Å²) in [6, 6.07) is 57.3. The topological polar surface area (TPSA) is 3.24 Å². The smallest absolute Gasteiger partial charge is 0.116 e. The molecule has 0 heterocycles. The highest BCUT2D eigenvalue weighted by Crippen LogP contribution is 2.58. The highest BCUT2D eigenvalue weighted by Gasteiger charge is 2.45. The van der Waals surface area contributed by atoms with E-state index in [2.05, 4.69) is 170 Å². The van der Waals surface area contributed by atoms with E-state index in [0.29, 0.717) is 0 Å². The van der Waals surface area contributed by atoms with Crippen molar-refractivity contribution in [3.8, 4) is 0 Å². The first kappa shape index (κ1) is 31.2. The highest BCUT2D eigenvalue weighted by molar-refractivity contribution is 7.95. The van der Waals surface area contributed by atoms with Crippen LogP contribution < -0.4 is 20.8 Å². The first-order valence-corrected chi connectivity index (χ1v) is 19.4. The molecule has 0 fully saturated rings. The van der Waals surface area contributed by atoms with Gasteiger partial charge in [-0.15, -0.1) is 0 Å². The summed E-state index contributed by atoms with van der Waals surface area (Å²) < 4.78 is 0. The van der Waals surface area contributed by atoms with Crippen LogP contribution in [0.25, 0.3) is 32.3 Å². The number of benzene rings is 7. The Hall–Kier alpha value is -4.45. The largest absolute Gasteiger partial charge is 0.372 e. The van der Waals surface area contributed by atoms with E-state index < -0.39 is 7.26 Å². The monoisotopic (exact) mass is 630 g/mol. The van der Waals surface area contributed by atoms with Gasteiger partial charge in [-0.3, -0.25) is 0 Å². The predicted molar refractivity (Wildman–Crippen MR) is 210 cm³/mol. The predicted octanol–water partition coefficient (Wildman–Crippen LogP) is 11.0. The van der Waals surface area contributed by atoms with Gasteiger partial charge in [0.05, 0.1) is 6.16 Å². The van der Waals surface area contributed by atoms with Crippen molar-refractivity contribution < 1.29 is 0 Å². The van der Waals surface area contributed by atoms with Crippen molar-refractivity contribution in [2.45, 2.75) is 45.7 Å². The number of anilines is 1. The molecule has 0 N–H and O–H groups in total. The first-order valence-electron chi connectivity index (χ1n) is 17.4. The molecule has 0 aliphatic carbocycles. The van der Waals surface area contributed by atoms with Gasteiger partial charge in [0.2, 0.25) is 0 Å². The summed E-state index contributed by atoms with van der Waals surface area (Å²) >= 11 is 0. The molecule has 0 atom stereocenters. The van der Waals surface area contributed by atoms with E-state index in [-0.39, 0.29) is 0 Å². The Morgan fingerprint density at radius 1 is 0.447 bits per heavy atom. The molecule has 2 heteroatoms. The van der Waals surface area contributed by atoms with Crippen LogP contribution >= 0.6 is 7.26 Å². The maximum atomic E-state index is 2.59. The average molecular weight is 631 g/mol. The van der Waals surface area contributed by atoms with Crippen LogP contribution in [0.4, 0.5) is 5.69 Å². The summed E-state index contributed by atoms with van der Waals surface area (Å²) in [5.74, 6) is 0. The lowest BCUT2D eigenvalue weighted by atomic mass is 9.95. The number of nitrogens with zero attached hydrogens (tertiary/aromatic N) is 1. The van der Waals surface area contributed by atoms with Crippen LogP contribution in [0.3, 0.4) is 0 Å². The molecule has 0 bridgehead atoms. The van der Waals surface area contributed by atoms with E-state index in [1.165, 1.54) is 85.2 Å². The van der Waals surface area contributed by atoms with Crippen molar-refractivity contribution in [1.82, 2.24) is 0 Å². The van der Waals surface area contributed by atoms with Crippen molar-refractivity contribution in [2.24, 2.45) is 0 Å². The van der Waals surface area contributed by atoms with Crippen LogP contribution in [0.15, 0.2) is 152 Å². The van der Waals surface area contributed by atoms with Gasteiger partial charge in [0, 0.05) is 18.8 Å². The van der Waals surface area contributed by atoms with Crippen molar-refractivity contribution >= 4 is 61.2 Å². The molecule has 7 rings (SSSR count). The van der Waals surface area contributed by atoms with Crippen molar-refractivity contribution in [3.05, 3.63) is 157 Å². The molecule has 0 aliphatic rings. The normalized spacial score (nSPS) is 11.8. The van der Waals surface area contributed by atoms with E-state index in [1.807, 2.05) is 0 Å². The van der Waals surface area contributed by atoms with Crippen molar-refractivity contribution in [3.63, 3.8) is 0 Å². The SMILES string of the molecule is CCCCN(CCCC)c1ccc2c(ccc3c4cccc(C[P+](c5ccccc5)(c5ccccc5)c5ccccc5)c4ccc23)c1. The van der Waals surface area contributed by atoms with Crippen LogP contribution in [0.5, 0.6) is 0 Å².